The summed E-state index contributed by atoms with van der Waals surface area (Å²) in [5.74, 6) is 0.771. The highest BCUT2D eigenvalue weighted by molar-refractivity contribution is 6.35. The Hall–Kier alpha value is -1.89. The molecule has 0 radical (unpaired) electrons. The van der Waals surface area contributed by atoms with Crippen LogP contribution in [0.1, 0.15) is 16.3 Å². The minimum atomic E-state index is -0.352. The Bertz CT molecular complexity index is 716. The maximum absolute atomic E-state index is 12.4. The second-order valence-electron chi connectivity index (χ2n) is 5.53. The first-order valence-corrected chi connectivity index (χ1v) is 8.11. The van der Waals surface area contributed by atoms with E-state index in [2.05, 4.69) is 25.5 Å². The number of carbonyl (C=O) groups excluding carboxylic acids is 1. The number of aromatic nitrogens is 2. The average Bonchev–Trinajstić information content (AvgIpc) is 2.45. The van der Waals surface area contributed by atoms with Crippen molar-refractivity contribution in [1.82, 2.24) is 14.9 Å². The summed E-state index contributed by atoms with van der Waals surface area (Å²) in [5.41, 5.74) is 0.779. The normalized spacial score (nSPS) is 10.8. The Balaban J connectivity index is 2.12. The van der Waals surface area contributed by atoms with Crippen molar-refractivity contribution in [3.63, 3.8) is 0 Å². The number of amides is 1. The van der Waals surface area contributed by atoms with Crippen LogP contribution < -0.4 is 10.6 Å². The van der Waals surface area contributed by atoms with Crippen LogP contribution >= 0.6 is 23.2 Å². The molecule has 2 aromatic rings. The Labute approximate surface area is 151 Å². The van der Waals surface area contributed by atoms with E-state index >= 15 is 0 Å². The molecule has 1 heterocycles. The minimum Gasteiger partial charge on any atom is -0.369 e. The van der Waals surface area contributed by atoms with E-state index in [4.69, 9.17) is 23.2 Å². The van der Waals surface area contributed by atoms with Crippen molar-refractivity contribution >= 4 is 40.6 Å². The van der Waals surface area contributed by atoms with Gasteiger partial charge in [0, 0.05) is 34.9 Å². The number of carbonyl (C=O) groups is 1. The standard InChI is InChI=1S/C16H19Cl2N5O/c1-10-20-14(9-15(21-10)19-4-5-23(2)3)16(24)22-13-7-11(17)6-12(18)8-13/h6-9H,4-5H2,1-3H3,(H,22,24)(H,19,20,21). The molecule has 0 unspecified atom stereocenters. The van der Waals surface area contributed by atoms with Gasteiger partial charge < -0.3 is 15.5 Å². The number of anilines is 2. The van der Waals surface area contributed by atoms with Crippen LogP contribution in [0.15, 0.2) is 24.3 Å². The molecule has 0 spiro atoms. The molecule has 0 atom stereocenters. The van der Waals surface area contributed by atoms with E-state index in [9.17, 15) is 4.79 Å². The van der Waals surface area contributed by atoms with Gasteiger partial charge in [0.15, 0.2) is 0 Å². The molecule has 1 aromatic carbocycles. The quantitative estimate of drug-likeness (QED) is 0.819. The van der Waals surface area contributed by atoms with E-state index in [1.165, 1.54) is 0 Å². The van der Waals surface area contributed by atoms with Gasteiger partial charge in [-0.2, -0.15) is 0 Å². The molecule has 0 saturated carbocycles. The van der Waals surface area contributed by atoms with Gasteiger partial charge in [-0.25, -0.2) is 9.97 Å². The molecule has 24 heavy (non-hydrogen) atoms. The van der Waals surface area contributed by atoms with E-state index in [-0.39, 0.29) is 11.6 Å². The summed E-state index contributed by atoms with van der Waals surface area (Å²) in [6, 6.07) is 6.45. The van der Waals surface area contributed by atoms with Gasteiger partial charge in [-0.1, -0.05) is 23.2 Å². The zero-order valence-electron chi connectivity index (χ0n) is 13.7. The second-order valence-corrected chi connectivity index (χ2v) is 6.40. The number of likely N-dealkylation sites (N-methyl/N-ethyl adjacent to an activating group) is 1. The lowest BCUT2D eigenvalue weighted by atomic mass is 10.3. The third-order valence-electron chi connectivity index (χ3n) is 3.06. The van der Waals surface area contributed by atoms with Crippen LogP contribution in [0, 0.1) is 6.92 Å². The van der Waals surface area contributed by atoms with Crippen LogP contribution in [0.2, 0.25) is 10.0 Å². The number of nitrogens with zero attached hydrogens (tertiary/aromatic N) is 3. The number of halogens is 2. The van der Waals surface area contributed by atoms with Crippen molar-refractivity contribution in [2.24, 2.45) is 0 Å². The molecule has 1 amide bonds. The largest absolute Gasteiger partial charge is 0.369 e. The molecule has 0 fully saturated rings. The topological polar surface area (TPSA) is 70.2 Å². The first-order chi connectivity index (χ1) is 11.3. The molecule has 1 aromatic heterocycles. The number of benzene rings is 1. The van der Waals surface area contributed by atoms with E-state index in [0.717, 1.165) is 6.54 Å². The van der Waals surface area contributed by atoms with Gasteiger partial charge in [-0.3, -0.25) is 4.79 Å². The number of hydrogen-bond donors (Lipinski definition) is 2. The Morgan fingerprint density at radius 1 is 1.12 bits per heavy atom. The molecule has 0 bridgehead atoms. The van der Waals surface area contributed by atoms with Crippen molar-refractivity contribution in [3.8, 4) is 0 Å². The fourth-order valence-corrected chi connectivity index (χ4v) is 2.53. The van der Waals surface area contributed by atoms with E-state index < -0.39 is 0 Å². The molecule has 2 N–H and O–H groups in total. The summed E-state index contributed by atoms with van der Waals surface area (Å²) >= 11 is 11.9. The summed E-state index contributed by atoms with van der Waals surface area (Å²) in [7, 11) is 3.98. The zero-order chi connectivity index (χ0) is 17.7. The lowest BCUT2D eigenvalue weighted by molar-refractivity contribution is 0.102. The molecule has 2 rings (SSSR count). The van der Waals surface area contributed by atoms with Crippen LogP contribution in [-0.2, 0) is 0 Å². The van der Waals surface area contributed by atoms with Crippen molar-refractivity contribution in [1.29, 1.82) is 0 Å². The summed E-state index contributed by atoms with van der Waals surface area (Å²) in [6.07, 6.45) is 0. The van der Waals surface area contributed by atoms with Gasteiger partial charge in [0.05, 0.1) is 0 Å². The van der Waals surface area contributed by atoms with Crippen molar-refractivity contribution in [2.45, 2.75) is 6.92 Å². The predicted molar refractivity (Wildman–Crippen MR) is 98.2 cm³/mol. The molecule has 128 valence electrons. The van der Waals surface area contributed by atoms with Gasteiger partial charge in [-0.05, 0) is 39.2 Å². The predicted octanol–water partition coefficient (Wildman–Crippen LogP) is 3.32. The van der Waals surface area contributed by atoms with Gasteiger partial charge in [0.25, 0.3) is 5.91 Å². The Kier molecular flexibility index (Phi) is 6.36. The molecule has 0 saturated heterocycles. The zero-order valence-corrected chi connectivity index (χ0v) is 15.2. The van der Waals surface area contributed by atoms with Crippen LogP contribution in [0.3, 0.4) is 0 Å². The third-order valence-corrected chi connectivity index (χ3v) is 3.49. The summed E-state index contributed by atoms with van der Waals surface area (Å²) < 4.78 is 0. The first kappa shape index (κ1) is 18.4. The summed E-state index contributed by atoms with van der Waals surface area (Å²) in [5, 5.41) is 6.81. The lowest BCUT2D eigenvalue weighted by Crippen LogP contribution is -2.22. The smallest absolute Gasteiger partial charge is 0.274 e. The van der Waals surface area contributed by atoms with Crippen molar-refractivity contribution in [3.05, 3.63) is 45.8 Å². The highest BCUT2D eigenvalue weighted by atomic mass is 35.5. The van der Waals surface area contributed by atoms with E-state index in [1.54, 1.807) is 31.2 Å². The minimum absolute atomic E-state index is 0.269. The third kappa shape index (κ3) is 5.63. The maximum atomic E-state index is 12.4. The fraction of sp³-hybridized carbons (Fsp3) is 0.312. The fourth-order valence-electron chi connectivity index (χ4n) is 2.00. The van der Waals surface area contributed by atoms with Gasteiger partial charge in [0.1, 0.15) is 17.3 Å². The number of aryl methyl sites for hydroxylation is 1. The highest BCUT2D eigenvalue weighted by Gasteiger charge is 2.11. The Morgan fingerprint density at radius 2 is 1.79 bits per heavy atom. The number of hydrogen-bond acceptors (Lipinski definition) is 5. The SMILES string of the molecule is Cc1nc(NCCN(C)C)cc(C(=O)Nc2cc(Cl)cc(Cl)c2)n1. The Morgan fingerprint density at radius 3 is 2.42 bits per heavy atom. The van der Waals surface area contributed by atoms with Crippen LogP contribution in [0.25, 0.3) is 0 Å². The molecular formula is C16H19Cl2N5O. The number of rotatable bonds is 6. The summed E-state index contributed by atoms with van der Waals surface area (Å²) in [4.78, 5) is 22.9. The maximum Gasteiger partial charge on any atom is 0.274 e. The van der Waals surface area contributed by atoms with Crippen molar-refractivity contribution < 1.29 is 4.79 Å². The van der Waals surface area contributed by atoms with Crippen LogP contribution in [0.5, 0.6) is 0 Å². The lowest BCUT2D eigenvalue weighted by Gasteiger charge is -2.12. The van der Waals surface area contributed by atoms with Gasteiger partial charge >= 0.3 is 0 Å². The van der Waals surface area contributed by atoms with Crippen LogP contribution in [-0.4, -0.2) is 48.0 Å². The molecule has 0 aliphatic carbocycles. The van der Waals surface area contributed by atoms with Crippen molar-refractivity contribution in [2.75, 3.05) is 37.8 Å². The monoisotopic (exact) mass is 367 g/mol. The molecule has 6 nitrogen and oxygen atoms in total. The first-order valence-electron chi connectivity index (χ1n) is 7.35. The second kappa shape index (κ2) is 8.28. The number of nitrogens with one attached hydrogen (secondary N) is 2. The van der Waals surface area contributed by atoms with Crippen LogP contribution in [0.4, 0.5) is 11.5 Å². The molecule has 0 aliphatic rings. The molecule has 8 heteroatoms. The van der Waals surface area contributed by atoms with E-state index in [0.29, 0.717) is 33.9 Å². The highest BCUT2D eigenvalue weighted by Crippen LogP contribution is 2.23. The van der Waals surface area contributed by atoms with Gasteiger partial charge in [-0.15, -0.1) is 0 Å². The molecular weight excluding hydrogens is 349 g/mol. The van der Waals surface area contributed by atoms with E-state index in [1.807, 2.05) is 14.1 Å². The average molecular weight is 368 g/mol. The summed E-state index contributed by atoms with van der Waals surface area (Å²) in [6.45, 7) is 3.31. The van der Waals surface area contributed by atoms with Gasteiger partial charge in [0.2, 0.25) is 0 Å². The molecule has 0 aliphatic heterocycles.